The largest absolute Gasteiger partial charge is 0.573 e. The fourth-order valence-corrected chi connectivity index (χ4v) is 2.63. The fourth-order valence-electron chi connectivity index (χ4n) is 2.63. The molecule has 0 aliphatic rings. The number of hydrogen-bond donors (Lipinski definition) is 0. The van der Waals surface area contributed by atoms with Gasteiger partial charge in [-0.1, -0.05) is 39.2 Å². The van der Waals surface area contributed by atoms with Crippen molar-refractivity contribution < 1.29 is 22.7 Å². The minimum absolute atomic E-state index is 0.0725. The molecule has 0 spiro atoms. The Morgan fingerprint density at radius 2 is 1.92 bits per heavy atom. The summed E-state index contributed by atoms with van der Waals surface area (Å²) in [4.78, 5) is 14.1. The molecule has 0 radical (unpaired) electrons. The van der Waals surface area contributed by atoms with Gasteiger partial charge in [0.15, 0.2) is 0 Å². The van der Waals surface area contributed by atoms with Crippen LogP contribution in [-0.4, -0.2) is 18.3 Å². The number of unbranched alkanes of at least 4 members (excludes halogenated alkanes) is 2. The lowest BCUT2D eigenvalue weighted by Gasteiger charge is -2.30. The van der Waals surface area contributed by atoms with E-state index in [1.54, 1.807) is 11.0 Å². The van der Waals surface area contributed by atoms with Crippen LogP contribution in [0.5, 0.6) is 5.75 Å². The summed E-state index contributed by atoms with van der Waals surface area (Å²) in [5, 5.41) is 0. The van der Waals surface area contributed by atoms with Gasteiger partial charge in [-0.15, -0.1) is 13.2 Å². The number of rotatable bonds is 9. The first-order valence-corrected chi connectivity index (χ1v) is 8.46. The van der Waals surface area contributed by atoms with Crippen LogP contribution in [0.1, 0.15) is 59.3 Å². The highest BCUT2D eigenvalue weighted by molar-refractivity contribution is 5.94. The van der Waals surface area contributed by atoms with Crippen molar-refractivity contribution >= 4 is 11.6 Å². The number of carbonyl (C=O) groups is 1. The average molecular weight is 345 g/mol. The van der Waals surface area contributed by atoms with E-state index in [0.29, 0.717) is 18.5 Å². The molecular formula is C18H26F3NO2. The first-order valence-electron chi connectivity index (χ1n) is 8.46. The molecule has 0 aromatic heterocycles. The van der Waals surface area contributed by atoms with Crippen LogP contribution >= 0.6 is 0 Å². The van der Waals surface area contributed by atoms with E-state index in [9.17, 15) is 18.0 Å². The minimum Gasteiger partial charge on any atom is -0.406 e. The van der Waals surface area contributed by atoms with Crippen molar-refractivity contribution in [3.8, 4) is 5.75 Å². The number of alkyl halides is 3. The maximum atomic E-state index is 12.5. The maximum absolute atomic E-state index is 12.5. The average Bonchev–Trinajstić information content (AvgIpc) is 2.46. The molecule has 0 saturated carbocycles. The fraction of sp³-hybridized carbons (Fsp3) is 0.611. The highest BCUT2D eigenvalue weighted by atomic mass is 19.4. The van der Waals surface area contributed by atoms with Crippen molar-refractivity contribution in [2.75, 3.05) is 4.90 Å². The summed E-state index contributed by atoms with van der Waals surface area (Å²) < 4.78 is 41.2. The molecule has 0 fully saturated rings. The third-order valence-electron chi connectivity index (χ3n) is 3.73. The summed E-state index contributed by atoms with van der Waals surface area (Å²) in [6.45, 7) is 5.93. The second-order valence-electron chi connectivity index (χ2n) is 5.90. The molecule has 0 aliphatic heterocycles. The Hall–Kier alpha value is -1.72. The van der Waals surface area contributed by atoms with Crippen LogP contribution in [0.4, 0.5) is 18.9 Å². The number of amides is 1. The molecule has 6 heteroatoms. The maximum Gasteiger partial charge on any atom is 0.573 e. The highest BCUT2D eigenvalue weighted by Crippen LogP contribution is 2.29. The van der Waals surface area contributed by atoms with E-state index in [2.05, 4.69) is 11.7 Å². The zero-order chi connectivity index (χ0) is 18.2. The Bertz CT molecular complexity index is 517. The molecule has 136 valence electrons. The third-order valence-corrected chi connectivity index (χ3v) is 3.73. The van der Waals surface area contributed by atoms with Crippen molar-refractivity contribution in [1.82, 2.24) is 0 Å². The molecular weight excluding hydrogens is 319 g/mol. The molecule has 1 amide bonds. The van der Waals surface area contributed by atoms with Crippen molar-refractivity contribution in [2.45, 2.75) is 71.7 Å². The zero-order valence-electron chi connectivity index (χ0n) is 14.5. The van der Waals surface area contributed by atoms with E-state index in [1.165, 1.54) is 18.2 Å². The molecule has 0 aliphatic carbocycles. The van der Waals surface area contributed by atoms with Gasteiger partial charge >= 0.3 is 6.36 Å². The van der Waals surface area contributed by atoms with Crippen molar-refractivity contribution in [3.63, 3.8) is 0 Å². The van der Waals surface area contributed by atoms with Crippen LogP contribution in [0, 0.1) is 0 Å². The molecule has 0 bridgehead atoms. The zero-order valence-corrected chi connectivity index (χ0v) is 14.5. The third kappa shape index (κ3) is 6.81. The van der Waals surface area contributed by atoms with Gasteiger partial charge in [0, 0.05) is 24.2 Å². The van der Waals surface area contributed by atoms with Gasteiger partial charge in [-0.3, -0.25) is 4.79 Å². The summed E-state index contributed by atoms with van der Waals surface area (Å²) in [6.07, 6.45) is 0.240. The minimum atomic E-state index is -4.75. The van der Waals surface area contributed by atoms with Gasteiger partial charge in [-0.05, 0) is 31.9 Å². The molecule has 1 unspecified atom stereocenters. The topological polar surface area (TPSA) is 29.5 Å². The van der Waals surface area contributed by atoms with Crippen LogP contribution in [0.2, 0.25) is 0 Å². The molecule has 0 saturated heterocycles. The molecule has 3 nitrogen and oxygen atoms in total. The Labute approximate surface area is 141 Å². The Morgan fingerprint density at radius 3 is 2.50 bits per heavy atom. The Morgan fingerprint density at radius 1 is 1.21 bits per heavy atom. The van der Waals surface area contributed by atoms with E-state index in [0.717, 1.165) is 25.7 Å². The number of anilines is 1. The molecule has 0 heterocycles. The van der Waals surface area contributed by atoms with E-state index in [4.69, 9.17) is 0 Å². The predicted molar refractivity (Wildman–Crippen MR) is 89.1 cm³/mol. The quantitative estimate of drug-likeness (QED) is 0.538. The summed E-state index contributed by atoms with van der Waals surface area (Å²) in [6, 6.07) is 5.56. The molecule has 1 aromatic rings. The number of carbonyl (C=O) groups excluding carboxylic acids is 1. The van der Waals surface area contributed by atoms with E-state index >= 15 is 0 Å². The smallest absolute Gasteiger partial charge is 0.406 e. The van der Waals surface area contributed by atoms with Gasteiger partial charge in [0.25, 0.3) is 0 Å². The van der Waals surface area contributed by atoms with Crippen LogP contribution in [0.25, 0.3) is 0 Å². The van der Waals surface area contributed by atoms with Crippen molar-refractivity contribution in [1.29, 1.82) is 0 Å². The summed E-state index contributed by atoms with van der Waals surface area (Å²) >= 11 is 0. The molecule has 24 heavy (non-hydrogen) atoms. The summed E-state index contributed by atoms with van der Waals surface area (Å²) in [5.74, 6) is -0.388. The van der Waals surface area contributed by atoms with Crippen LogP contribution in [-0.2, 0) is 4.79 Å². The van der Waals surface area contributed by atoms with Crippen LogP contribution in [0.15, 0.2) is 24.3 Å². The Balaban J connectivity index is 3.01. The Kier molecular flexibility index (Phi) is 8.08. The van der Waals surface area contributed by atoms with Crippen molar-refractivity contribution in [2.24, 2.45) is 0 Å². The number of halogens is 3. The standard InChI is InChI=1S/C18H26F3NO2/c1-4-6-7-10-14(3)22(17(23)9-5-2)15-11-8-12-16(13-15)24-18(19,20)21/h8,11-14H,4-7,9-10H2,1-3H3. The first-order chi connectivity index (χ1) is 11.3. The molecule has 1 aromatic carbocycles. The van der Waals surface area contributed by atoms with Crippen LogP contribution in [0.3, 0.4) is 0 Å². The molecule has 0 N–H and O–H groups in total. The number of ether oxygens (including phenoxy) is 1. The SMILES string of the molecule is CCCCCC(C)N(C(=O)CCC)c1cccc(OC(F)(F)F)c1. The van der Waals surface area contributed by atoms with Gasteiger partial charge in [0.05, 0.1) is 0 Å². The normalized spacial score (nSPS) is 12.8. The van der Waals surface area contributed by atoms with Gasteiger partial charge in [-0.2, -0.15) is 0 Å². The predicted octanol–water partition coefficient (Wildman–Crippen LogP) is 5.69. The van der Waals surface area contributed by atoms with Gasteiger partial charge < -0.3 is 9.64 Å². The second kappa shape index (κ2) is 9.55. The first kappa shape index (κ1) is 20.3. The second-order valence-corrected chi connectivity index (χ2v) is 5.90. The lowest BCUT2D eigenvalue weighted by Crippen LogP contribution is -2.38. The van der Waals surface area contributed by atoms with E-state index in [1.807, 2.05) is 13.8 Å². The van der Waals surface area contributed by atoms with Crippen molar-refractivity contribution in [3.05, 3.63) is 24.3 Å². The lowest BCUT2D eigenvalue weighted by molar-refractivity contribution is -0.274. The van der Waals surface area contributed by atoms with Gasteiger partial charge in [0.2, 0.25) is 5.91 Å². The van der Waals surface area contributed by atoms with Gasteiger partial charge in [-0.25, -0.2) is 0 Å². The number of nitrogens with zero attached hydrogens (tertiary/aromatic N) is 1. The van der Waals surface area contributed by atoms with Crippen LogP contribution < -0.4 is 9.64 Å². The summed E-state index contributed by atoms with van der Waals surface area (Å²) in [7, 11) is 0. The number of hydrogen-bond acceptors (Lipinski definition) is 2. The monoisotopic (exact) mass is 345 g/mol. The molecule has 1 rings (SSSR count). The van der Waals surface area contributed by atoms with Gasteiger partial charge in [0.1, 0.15) is 5.75 Å². The number of benzene rings is 1. The van der Waals surface area contributed by atoms with E-state index in [-0.39, 0.29) is 17.7 Å². The highest BCUT2D eigenvalue weighted by Gasteiger charge is 2.31. The molecule has 1 atom stereocenters. The summed E-state index contributed by atoms with van der Waals surface area (Å²) in [5.41, 5.74) is 0.444. The van der Waals surface area contributed by atoms with E-state index < -0.39 is 6.36 Å². The lowest BCUT2D eigenvalue weighted by atomic mass is 10.1.